The molecule has 0 radical (unpaired) electrons. The van der Waals surface area contributed by atoms with Crippen molar-refractivity contribution in [3.8, 4) is 5.75 Å². The van der Waals surface area contributed by atoms with E-state index < -0.39 is 23.7 Å². The minimum atomic E-state index is -4.67. The number of carbonyl (C=O) groups excluding carboxylic acids is 3. The number of hydrogen-bond acceptors (Lipinski definition) is 12. The second-order valence-electron chi connectivity index (χ2n) is 18.3. The van der Waals surface area contributed by atoms with Crippen LogP contribution in [-0.4, -0.2) is 107 Å². The Labute approximate surface area is 392 Å². The van der Waals surface area contributed by atoms with Crippen LogP contribution in [0, 0.1) is 17.8 Å². The van der Waals surface area contributed by atoms with Gasteiger partial charge in [0, 0.05) is 69.2 Å². The monoisotopic (exact) mass is 940 g/mol. The van der Waals surface area contributed by atoms with Crippen LogP contribution in [0.1, 0.15) is 80.5 Å². The summed E-state index contributed by atoms with van der Waals surface area (Å²) in [5, 5.41) is 11.2. The number of amides is 2. The number of nitrogens with one attached hydrogen (secondary N) is 2. The number of benzene rings is 1. The first-order chi connectivity index (χ1) is 32.7. The summed E-state index contributed by atoms with van der Waals surface area (Å²) in [5.74, 6) is -0.154. The van der Waals surface area contributed by atoms with Crippen molar-refractivity contribution in [2.45, 2.75) is 77.1 Å². The van der Waals surface area contributed by atoms with Gasteiger partial charge in [0.1, 0.15) is 23.7 Å². The van der Waals surface area contributed by atoms with Crippen LogP contribution in [0.25, 0.3) is 10.9 Å². The van der Waals surface area contributed by atoms with Crippen molar-refractivity contribution in [1.82, 2.24) is 29.2 Å². The highest BCUT2D eigenvalue weighted by Crippen LogP contribution is 2.36. The highest BCUT2D eigenvalue weighted by atomic mass is 19.4. The number of rotatable bonds is 15. The Morgan fingerprint density at radius 3 is 2.32 bits per heavy atom. The third kappa shape index (κ3) is 11.8. The number of carbonyl (C=O) groups is 3. The fourth-order valence-corrected chi connectivity index (χ4v) is 9.86. The molecule has 2 aliphatic heterocycles. The number of fused-ring (bicyclic) bond motifs is 1. The third-order valence-corrected chi connectivity index (χ3v) is 13.4. The first-order valence-corrected chi connectivity index (χ1v) is 23.5. The number of methoxy groups -OCH3 is 1. The van der Waals surface area contributed by atoms with Crippen molar-refractivity contribution in [1.29, 1.82) is 0 Å². The van der Waals surface area contributed by atoms with Gasteiger partial charge in [-0.05, 0) is 108 Å². The van der Waals surface area contributed by atoms with Crippen LogP contribution >= 0.6 is 0 Å². The lowest BCUT2D eigenvalue weighted by atomic mass is 9.85. The summed E-state index contributed by atoms with van der Waals surface area (Å²) in [4.78, 5) is 65.9. The fraction of sp³-hybridized carbons (Fsp3) is 0.490. The van der Waals surface area contributed by atoms with Gasteiger partial charge in [0.2, 0.25) is 5.91 Å². The molecule has 19 heteroatoms. The lowest BCUT2D eigenvalue weighted by Crippen LogP contribution is -2.41. The SMILES string of the molecule is CCOC(=O)Cn1cc(NC(=O)C2CCCN(c3cncc(N4CCC(CN(C)CC5CCC(n6cc7cc(NC(=O)c8cccc(C(F)(F)F)n8)c(OC)cc7n6)CC5)CC4)c3)C2)ccc1=O. The standard InChI is InChI=1S/C49H59F3N10O6/c1-4-68-46(64)31-61-30-36(12-15-45(61)63)54-47(65)34-7-6-18-60(28-34)39-22-38(24-53-25-39)59-19-16-33(17-20-59)27-58(2)26-32-10-13-37(14-11-32)62-29-35-21-42(43(67-3)23-41(35)57-62)56-48(66)40-8-5-9-44(55-40)49(50,51)52/h5,8-9,12,15,21-25,29-30,32-34,37H,4,6-7,10-11,13-14,16-20,26-28,31H2,1-3H3,(H,54,65)(H,56,66). The Morgan fingerprint density at radius 2 is 1.60 bits per heavy atom. The maximum atomic E-state index is 13.4. The number of pyridine rings is 3. The zero-order valence-corrected chi connectivity index (χ0v) is 38.7. The second kappa shape index (κ2) is 21.2. The van der Waals surface area contributed by atoms with Crippen molar-refractivity contribution < 1.29 is 37.0 Å². The summed E-state index contributed by atoms with van der Waals surface area (Å²) in [6.07, 6.45) is 10.5. The topological polar surface area (TPSA) is 169 Å². The lowest BCUT2D eigenvalue weighted by molar-refractivity contribution is -0.144. The second-order valence-corrected chi connectivity index (χ2v) is 18.3. The minimum Gasteiger partial charge on any atom is -0.494 e. The normalized spacial score (nSPS) is 19.2. The Morgan fingerprint density at radius 1 is 0.868 bits per heavy atom. The van der Waals surface area contributed by atoms with E-state index in [9.17, 15) is 32.3 Å². The molecule has 1 unspecified atom stereocenters. The fourth-order valence-electron chi connectivity index (χ4n) is 9.86. The molecule has 4 aromatic heterocycles. The summed E-state index contributed by atoms with van der Waals surface area (Å²) in [5.41, 5.74) is 1.70. The molecule has 2 amide bonds. The summed E-state index contributed by atoms with van der Waals surface area (Å²) >= 11 is 0. The van der Waals surface area contributed by atoms with Gasteiger partial charge in [0.25, 0.3) is 11.5 Å². The van der Waals surface area contributed by atoms with E-state index in [1.807, 2.05) is 23.3 Å². The van der Waals surface area contributed by atoms with Crippen LogP contribution in [-0.2, 0) is 27.0 Å². The summed E-state index contributed by atoms with van der Waals surface area (Å²) in [6.45, 7) is 7.05. The number of anilines is 4. The first kappa shape index (κ1) is 48.0. The number of alkyl halides is 3. The number of ether oxygens (including phenoxy) is 2. The van der Waals surface area contributed by atoms with Crippen LogP contribution in [0.4, 0.5) is 35.9 Å². The molecular weight excluding hydrogens is 882 g/mol. The van der Waals surface area contributed by atoms with E-state index >= 15 is 0 Å². The molecule has 0 spiro atoms. The van der Waals surface area contributed by atoms with Gasteiger partial charge in [0.15, 0.2) is 0 Å². The zero-order valence-electron chi connectivity index (χ0n) is 38.7. The molecular formula is C49H59F3N10O6. The van der Waals surface area contributed by atoms with E-state index in [1.165, 1.54) is 30.0 Å². The molecule has 5 aromatic rings. The molecule has 2 saturated heterocycles. The first-order valence-electron chi connectivity index (χ1n) is 23.5. The van der Waals surface area contributed by atoms with Crippen LogP contribution in [0.2, 0.25) is 0 Å². The molecule has 1 aliphatic carbocycles. The molecule has 362 valence electrons. The Hall–Kier alpha value is -6.50. The molecule has 16 nitrogen and oxygen atoms in total. The largest absolute Gasteiger partial charge is 0.494 e. The number of hydrogen-bond donors (Lipinski definition) is 2. The van der Waals surface area contributed by atoms with Crippen molar-refractivity contribution >= 4 is 51.4 Å². The molecule has 1 atom stereocenters. The van der Waals surface area contributed by atoms with E-state index in [1.54, 1.807) is 25.1 Å². The maximum Gasteiger partial charge on any atom is 0.433 e. The van der Waals surface area contributed by atoms with Crippen LogP contribution in [0.3, 0.4) is 0 Å². The summed E-state index contributed by atoms with van der Waals surface area (Å²) < 4.78 is 53.4. The third-order valence-electron chi connectivity index (χ3n) is 13.4. The number of piperidine rings is 2. The molecule has 68 heavy (non-hydrogen) atoms. The Balaban J connectivity index is 0.781. The van der Waals surface area contributed by atoms with Crippen LogP contribution < -0.4 is 30.7 Å². The molecule has 8 rings (SSSR count). The summed E-state index contributed by atoms with van der Waals surface area (Å²) in [7, 11) is 3.69. The predicted molar refractivity (Wildman–Crippen MR) is 252 cm³/mol. The van der Waals surface area contributed by atoms with Crippen molar-refractivity contribution in [3.05, 3.63) is 95.1 Å². The van der Waals surface area contributed by atoms with Gasteiger partial charge < -0.3 is 39.4 Å². The van der Waals surface area contributed by atoms with Crippen LogP contribution in [0.15, 0.2) is 78.1 Å². The molecule has 0 bridgehead atoms. The van der Waals surface area contributed by atoms with Crippen molar-refractivity contribution in [2.75, 3.05) is 80.5 Å². The van der Waals surface area contributed by atoms with Gasteiger partial charge >= 0.3 is 12.1 Å². The molecule has 2 N–H and O–H groups in total. The zero-order chi connectivity index (χ0) is 48.0. The molecule has 3 fully saturated rings. The van der Waals surface area contributed by atoms with E-state index in [0.717, 1.165) is 113 Å². The maximum absolute atomic E-state index is 13.4. The van der Waals surface area contributed by atoms with Crippen molar-refractivity contribution in [2.24, 2.45) is 17.8 Å². The number of nitrogens with zero attached hydrogens (tertiary/aromatic N) is 8. The summed E-state index contributed by atoms with van der Waals surface area (Å²) in [6, 6.07) is 12.0. The quantitative estimate of drug-likeness (QED) is 0.101. The highest BCUT2D eigenvalue weighted by Gasteiger charge is 2.33. The van der Waals surface area contributed by atoms with E-state index in [4.69, 9.17) is 14.6 Å². The number of halogens is 3. The average molecular weight is 941 g/mol. The molecule has 1 aromatic carbocycles. The van der Waals surface area contributed by atoms with E-state index in [2.05, 4.69) is 48.4 Å². The van der Waals surface area contributed by atoms with Crippen LogP contribution in [0.5, 0.6) is 5.75 Å². The van der Waals surface area contributed by atoms with Gasteiger partial charge in [-0.3, -0.25) is 28.8 Å². The molecule has 3 aliphatic rings. The van der Waals surface area contributed by atoms with Gasteiger partial charge in [-0.2, -0.15) is 18.3 Å². The van der Waals surface area contributed by atoms with E-state index in [0.29, 0.717) is 41.0 Å². The minimum absolute atomic E-state index is 0.130. The Kier molecular flexibility index (Phi) is 15.0. The predicted octanol–water partition coefficient (Wildman–Crippen LogP) is 7.27. The Bertz CT molecular complexity index is 2640. The van der Waals surface area contributed by atoms with Gasteiger partial charge in [-0.25, -0.2) is 4.98 Å². The number of aromatic nitrogens is 5. The highest BCUT2D eigenvalue weighted by molar-refractivity contribution is 6.05. The van der Waals surface area contributed by atoms with Gasteiger partial charge in [0.05, 0.1) is 66.3 Å². The molecule has 6 heterocycles. The number of esters is 1. The van der Waals surface area contributed by atoms with Gasteiger partial charge in [-0.15, -0.1) is 0 Å². The molecule has 1 saturated carbocycles. The average Bonchev–Trinajstić information content (AvgIpc) is 3.75. The lowest BCUT2D eigenvalue weighted by Gasteiger charge is -2.37. The smallest absolute Gasteiger partial charge is 0.433 e. The van der Waals surface area contributed by atoms with Crippen molar-refractivity contribution in [3.63, 3.8) is 0 Å². The van der Waals surface area contributed by atoms with Gasteiger partial charge in [-0.1, -0.05) is 6.07 Å². The van der Waals surface area contributed by atoms with E-state index in [-0.39, 0.29) is 42.3 Å².